The van der Waals surface area contributed by atoms with E-state index in [0.717, 1.165) is 48.1 Å². The molecule has 4 heteroatoms. The van der Waals surface area contributed by atoms with Gasteiger partial charge in [0.1, 0.15) is 17.5 Å². The Bertz CT molecular complexity index is 747. The van der Waals surface area contributed by atoms with Crippen LogP contribution < -0.4 is 5.73 Å². The molecular weight excluding hydrogens is 294 g/mol. The van der Waals surface area contributed by atoms with Crippen molar-refractivity contribution < 1.29 is 0 Å². The second-order valence-electron chi connectivity index (χ2n) is 5.68. The SMILES string of the molecule is N#Cc1c(N)nc2c(c1-c1ccccc1Cl)CCCCCC2. The topological polar surface area (TPSA) is 62.7 Å². The minimum atomic E-state index is 0.316. The third kappa shape index (κ3) is 2.67. The lowest BCUT2D eigenvalue weighted by Gasteiger charge is -2.20. The molecule has 0 bridgehead atoms. The first-order valence-electron chi connectivity index (χ1n) is 7.68. The van der Waals surface area contributed by atoms with Gasteiger partial charge in [0.25, 0.3) is 0 Å². The molecule has 1 aliphatic carbocycles. The maximum atomic E-state index is 9.57. The van der Waals surface area contributed by atoms with Crippen molar-refractivity contribution in [1.29, 1.82) is 5.26 Å². The standard InChI is InChI=1S/C18H18ClN3/c19-15-9-6-5-7-12(15)17-13-8-3-1-2-4-10-16(13)22-18(21)14(17)11-20/h5-7,9H,1-4,8,10H2,(H2,21,22). The van der Waals surface area contributed by atoms with Gasteiger partial charge in [0.15, 0.2) is 0 Å². The monoisotopic (exact) mass is 311 g/mol. The highest BCUT2D eigenvalue weighted by Crippen LogP contribution is 2.38. The van der Waals surface area contributed by atoms with E-state index in [0.29, 0.717) is 16.4 Å². The Balaban J connectivity index is 2.31. The zero-order valence-electron chi connectivity index (χ0n) is 12.4. The molecule has 0 saturated carbocycles. The van der Waals surface area contributed by atoms with E-state index in [1.807, 2.05) is 24.3 Å². The van der Waals surface area contributed by atoms with E-state index < -0.39 is 0 Å². The summed E-state index contributed by atoms with van der Waals surface area (Å²) >= 11 is 6.38. The highest BCUT2D eigenvalue weighted by Gasteiger charge is 2.21. The van der Waals surface area contributed by atoms with Gasteiger partial charge in [-0.1, -0.05) is 42.6 Å². The number of benzene rings is 1. The van der Waals surface area contributed by atoms with Crippen molar-refractivity contribution in [3.8, 4) is 17.2 Å². The molecular formula is C18H18ClN3. The largest absolute Gasteiger partial charge is 0.383 e. The van der Waals surface area contributed by atoms with Crippen molar-refractivity contribution in [2.24, 2.45) is 0 Å². The first-order valence-corrected chi connectivity index (χ1v) is 8.06. The number of anilines is 1. The van der Waals surface area contributed by atoms with E-state index in [9.17, 15) is 5.26 Å². The Hall–Kier alpha value is -2.05. The smallest absolute Gasteiger partial charge is 0.142 e. The van der Waals surface area contributed by atoms with Crippen LogP contribution in [0.4, 0.5) is 5.82 Å². The molecule has 0 radical (unpaired) electrons. The van der Waals surface area contributed by atoms with Crippen molar-refractivity contribution in [2.75, 3.05) is 5.73 Å². The molecule has 0 saturated heterocycles. The average molecular weight is 312 g/mol. The molecule has 1 heterocycles. The van der Waals surface area contributed by atoms with Gasteiger partial charge in [-0.2, -0.15) is 5.26 Å². The number of pyridine rings is 1. The second-order valence-corrected chi connectivity index (χ2v) is 6.09. The number of hydrogen-bond donors (Lipinski definition) is 1. The predicted octanol–water partition coefficient (Wildman–Crippen LogP) is 4.51. The van der Waals surface area contributed by atoms with Crippen molar-refractivity contribution in [2.45, 2.75) is 38.5 Å². The van der Waals surface area contributed by atoms with Crippen LogP contribution in [0, 0.1) is 11.3 Å². The summed E-state index contributed by atoms with van der Waals surface area (Å²) in [4.78, 5) is 4.51. The lowest BCUT2D eigenvalue weighted by molar-refractivity contribution is 0.610. The van der Waals surface area contributed by atoms with Crippen molar-refractivity contribution >= 4 is 17.4 Å². The maximum Gasteiger partial charge on any atom is 0.142 e. The van der Waals surface area contributed by atoms with Crippen LogP contribution in [0.2, 0.25) is 5.02 Å². The van der Waals surface area contributed by atoms with Crippen molar-refractivity contribution in [1.82, 2.24) is 4.98 Å². The van der Waals surface area contributed by atoms with Gasteiger partial charge < -0.3 is 5.73 Å². The van der Waals surface area contributed by atoms with Gasteiger partial charge >= 0.3 is 0 Å². The number of nitriles is 1. The zero-order chi connectivity index (χ0) is 15.5. The Kier molecular flexibility index (Phi) is 4.31. The number of hydrogen-bond acceptors (Lipinski definition) is 3. The fraction of sp³-hybridized carbons (Fsp3) is 0.333. The van der Waals surface area contributed by atoms with Gasteiger partial charge in [-0.3, -0.25) is 0 Å². The predicted molar refractivity (Wildman–Crippen MR) is 89.7 cm³/mol. The third-order valence-corrected chi connectivity index (χ3v) is 4.59. The summed E-state index contributed by atoms with van der Waals surface area (Å²) in [6.45, 7) is 0. The molecule has 0 amide bonds. The van der Waals surface area contributed by atoms with E-state index in [1.165, 1.54) is 12.8 Å². The van der Waals surface area contributed by atoms with Gasteiger partial charge in [0, 0.05) is 21.8 Å². The van der Waals surface area contributed by atoms with Gasteiger partial charge in [0.05, 0.1) is 0 Å². The molecule has 0 atom stereocenters. The summed E-state index contributed by atoms with van der Waals surface area (Å²) in [6.07, 6.45) is 6.52. The van der Waals surface area contributed by atoms with Crippen LogP contribution in [-0.2, 0) is 12.8 Å². The molecule has 1 aromatic carbocycles. The number of aryl methyl sites for hydroxylation is 1. The Morgan fingerprint density at radius 2 is 1.82 bits per heavy atom. The van der Waals surface area contributed by atoms with E-state index in [-0.39, 0.29) is 0 Å². The summed E-state index contributed by atoms with van der Waals surface area (Å²) < 4.78 is 0. The summed E-state index contributed by atoms with van der Waals surface area (Å²) in [6, 6.07) is 9.87. The molecule has 3 rings (SSSR count). The fourth-order valence-electron chi connectivity index (χ4n) is 3.19. The lowest BCUT2D eigenvalue weighted by atomic mass is 9.88. The van der Waals surface area contributed by atoms with E-state index >= 15 is 0 Å². The number of nitrogens with two attached hydrogens (primary N) is 1. The molecule has 1 aliphatic rings. The van der Waals surface area contributed by atoms with Crippen LogP contribution in [0.1, 0.15) is 42.5 Å². The molecule has 112 valence electrons. The number of halogens is 1. The number of rotatable bonds is 1. The molecule has 0 aliphatic heterocycles. The van der Waals surface area contributed by atoms with Crippen LogP contribution in [0.15, 0.2) is 24.3 Å². The summed E-state index contributed by atoms with van der Waals surface area (Å²) in [5, 5.41) is 10.2. The van der Waals surface area contributed by atoms with Crippen LogP contribution in [0.5, 0.6) is 0 Å². The van der Waals surface area contributed by atoms with Crippen LogP contribution in [0.3, 0.4) is 0 Å². The molecule has 2 N–H and O–H groups in total. The van der Waals surface area contributed by atoms with Gasteiger partial charge in [-0.15, -0.1) is 0 Å². The van der Waals surface area contributed by atoms with E-state index in [1.54, 1.807) is 0 Å². The summed E-state index contributed by atoms with van der Waals surface area (Å²) in [5.74, 6) is 0.316. The summed E-state index contributed by atoms with van der Waals surface area (Å²) in [7, 11) is 0. The molecule has 1 aromatic heterocycles. The molecule has 0 fully saturated rings. The quantitative estimate of drug-likeness (QED) is 0.842. The fourth-order valence-corrected chi connectivity index (χ4v) is 3.42. The molecule has 2 aromatic rings. The average Bonchev–Trinajstić information content (AvgIpc) is 2.49. The van der Waals surface area contributed by atoms with Crippen LogP contribution in [0.25, 0.3) is 11.1 Å². The molecule has 22 heavy (non-hydrogen) atoms. The van der Waals surface area contributed by atoms with E-state index in [4.69, 9.17) is 17.3 Å². The second kappa shape index (κ2) is 6.37. The highest BCUT2D eigenvalue weighted by atomic mass is 35.5. The lowest BCUT2D eigenvalue weighted by Crippen LogP contribution is -2.10. The normalized spacial score (nSPS) is 14.5. The van der Waals surface area contributed by atoms with Gasteiger partial charge in [-0.05, 0) is 37.3 Å². The molecule has 0 unspecified atom stereocenters. The number of fused-ring (bicyclic) bond motifs is 1. The van der Waals surface area contributed by atoms with Gasteiger partial charge in [-0.25, -0.2) is 4.98 Å². The minimum absolute atomic E-state index is 0.316. The maximum absolute atomic E-state index is 9.57. The Labute approximate surface area is 135 Å². The van der Waals surface area contributed by atoms with Crippen molar-refractivity contribution in [3.63, 3.8) is 0 Å². The number of aromatic nitrogens is 1. The number of nitrogen functional groups attached to an aromatic ring is 1. The van der Waals surface area contributed by atoms with Crippen LogP contribution in [-0.4, -0.2) is 4.98 Å². The van der Waals surface area contributed by atoms with Crippen molar-refractivity contribution in [3.05, 3.63) is 46.1 Å². The highest BCUT2D eigenvalue weighted by molar-refractivity contribution is 6.33. The first-order chi connectivity index (χ1) is 10.7. The van der Waals surface area contributed by atoms with Crippen LogP contribution >= 0.6 is 11.6 Å². The minimum Gasteiger partial charge on any atom is -0.383 e. The zero-order valence-corrected chi connectivity index (χ0v) is 13.2. The number of nitrogens with zero attached hydrogens (tertiary/aromatic N) is 2. The first kappa shape index (κ1) is 14.9. The Morgan fingerprint density at radius 3 is 2.55 bits per heavy atom. The summed E-state index contributed by atoms with van der Waals surface area (Å²) in [5.41, 5.74) is 10.5. The van der Waals surface area contributed by atoms with Gasteiger partial charge in [0.2, 0.25) is 0 Å². The Morgan fingerprint density at radius 1 is 1.09 bits per heavy atom. The third-order valence-electron chi connectivity index (χ3n) is 4.26. The molecule has 3 nitrogen and oxygen atoms in total. The molecule has 0 spiro atoms. The van der Waals surface area contributed by atoms with E-state index in [2.05, 4.69) is 11.1 Å².